The molecule has 0 aliphatic rings. The van der Waals surface area contributed by atoms with Gasteiger partial charge in [0.05, 0.1) is 7.11 Å². The Morgan fingerprint density at radius 3 is 2.62 bits per heavy atom. The summed E-state index contributed by atoms with van der Waals surface area (Å²) in [7, 11) is 1.70. The molecule has 0 unspecified atom stereocenters. The van der Waals surface area contributed by atoms with E-state index in [1.54, 1.807) is 7.11 Å². The first-order valence-corrected chi connectivity index (χ1v) is 7.21. The second kappa shape index (κ2) is 6.02. The minimum atomic E-state index is 0.654. The summed E-state index contributed by atoms with van der Waals surface area (Å²) in [6.45, 7) is 1.52. The Balaban J connectivity index is 2.06. The SMILES string of the molecule is COc1ccc2c(c1)c(CCN)cn2Cc1ccccc1. The zero-order chi connectivity index (χ0) is 14.7. The lowest BCUT2D eigenvalue weighted by Gasteiger charge is -2.06. The maximum atomic E-state index is 5.74. The number of rotatable bonds is 5. The second-order valence-corrected chi connectivity index (χ2v) is 5.19. The normalized spacial score (nSPS) is 11.0. The maximum Gasteiger partial charge on any atom is 0.119 e. The van der Waals surface area contributed by atoms with Gasteiger partial charge in [-0.25, -0.2) is 0 Å². The van der Waals surface area contributed by atoms with Gasteiger partial charge in [0.1, 0.15) is 5.75 Å². The van der Waals surface area contributed by atoms with E-state index in [2.05, 4.69) is 47.2 Å². The molecular formula is C18H20N2O. The molecular weight excluding hydrogens is 260 g/mol. The van der Waals surface area contributed by atoms with Crippen LogP contribution >= 0.6 is 0 Å². The van der Waals surface area contributed by atoms with Crippen LogP contribution in [0.3, 0.4) is 0 Å². The number of hydrogen-bond acceptors (Lipinski definition) is 2. The lowest BCUT2D eigenvalue weighted by Crippen LogP contribution is -2.02. The van der Waals surface area contributed by atoms with Crippen LogP contribution in [0.4, 0.5) is 0 Å². The van der Waals surface area contributed by atoms with Gasteiger partial charge in [-0.15, -0.1) is 0 Å². The van der Waals surface area contributed by atoms with Gasteiger partial charge in [0.25, 0.3) is 0 Å². The Morgan fingerprint density at radius 2 is 1.90 bits per heavy atom. The average molecular weight is 280 g/mol. The van der Waals surface area contributed by atoms with Crippen molar-refractivity contribution in [2.24, 2.45) is 5.73 Å². The minimum absolute atomic E-state index is 0.654. The zero-order valence-electron chi connectivity index (χ0n) is 12.3. The van der Waals surface area contributed by atoms with Crippen LogP contribution in [0, 0.1) is 0 Å². The Morgan fingerprint density at radius 1 is 1.10 bits per heavy atom. The van der Waals surface area contributed by atoms with Crippen molar-refractivity contribution in [3.8, 4) is 5.75 Å². The molecule has 21 heavy (non-hydrogen) atoms. The summed E-state index contributed by atoms with van der Waals surface area (Å²) in [5.74, 6) is 0.887. The number of ether oxygens (including phenoxy) is 1. The summed E-state index contributed by atoms with van der Waals surface area (Å²) in [4.78, 5) is 0. The van der Waals surface area contributed by atoms with E-state index in [0.717, 1.165) is 18.7 Å². The van der Waals surface area contributed by atoms with Crippen molar-refractivity contribution in [3.63, 3.8) is 0 Å². The number of nitrogens with zero attached hydrogens (tertiary/aromatic N) is 1. The van der Waals surface area contributed by atoms with Crippen LogP contribution in [-0.2, 0) is 13.0 Å². The standard InChI is InChI=1S/C18H20N2O/c1-21-16-7-8-18-17(11-16)15(9-10-19)13-20(18)12-14-5-3-2-4-6-14/h2-8,11,13H,9-10,12,19H2,1H3. The number of fused-ring (bicyclic) bond motifs is 1. The van der Waals surface area contributed by atoms with E-state index in [4.69, 9.17) is 10.5 Å². The molecule has 0 spiro atoms. The maximum absolute atomic E-state index is 5.74. The summed E-state index contributed by atoms with van der Waals surface area (Å²) in [5, 5.41) is 1.23. The molecule has 0 radical (unpaired) electrons. The molecule has 2 aromatic carbocycles. The molecule has 2 N–H and O–H groups in total. The lowest BCUT2D eigenvalue weighted by atomic mass is 10.1. The van der Waals surface area contributed by atoms with Gasteiger partial charge in [-0.2, -0.15) is 0 Å². The molecule has 0 aliphatic carbocycles. The fourth-order valence-electron chi connectivity index (χ4n) is 2.74. The smallest absolute Gasteiger partial charge is 0.119 e. The van der Waals surface area contributed by atoms with Crippen LogP contribution in [0.2, 0.25) is 0 Å². The summed E-state index contributed by atoms with van der Waals surface area (Å²) >= 11 is 0. The lowest BCUT2D eigenvalue weighted by molar-refractivity contribution is 0.415. The Hall–Kier alpha value is -2.26. The number of hydrogen-bond donors (Lipinski definition) is 1. The molecule has 0 amide bonds. The van der Waals surface area contributed by atoms with Gasteiger partial charge in [0.15, 0.2) is 0 Å². The highest BCUT2D eigenvalue weighted by Crippen LogP contribution is 2.27. The highest BCUT2D eigenvalue weighted by atomic mass is 16.5. The average Bonchev–Trinajstić information content (AvgIpc) is 2.86. The van der Waals surface area contributed by atoms with Crippen LogP contribution in [0.5, 0.6) is 5.75 Å². The second-order valence-electron chi connectivity index (χ2n) is 5.19. The van der Waals surface area contributed by atoms with Crippen molar-refractivity contribution in [1.29, 1.82) is 0 Å². The largest absolute Gasteiger partial charge is 0.497 e. The van der Waals surface area contributed by atoms with Crippen molar-refractivity contribution < 1.29 is 4.74 Å². The minimum Gasteiger partial charge on any atom is -0.497 e. The van der Waals surface area contributed by atoms with Crippen LogP contribution in [0.25, 0.3) is 10.9 Å². The van der Waals surface area contributed by atoms with E-state index in [9.17, 15) is 0 Å². The summed E-state index contributed by atoms with van der Waals surface area (Å²) in [6.07, 6.45) is 3.09. The molecule has 1 heterocycles. The van der Waals surface area contributed by atoms with Crippen molar-refractivity contribution in [1.82, 2.24) is 4.57 Å². The Labute approximate surface area is 125 Å². The molecule has 3 nitrogen and oxygen atoms in total. The number of methoxy groups -OCH3 is 1. The van der Waals surface area contributed by atoms with Gasteiger partial charge >= 0.3 is 0 Å². The molecule has 1 aromatic heterocycles. The number of aromatic nitrogens is 1. The molecule has 0 aliphatic heterocycles. The number of nitrogens with two attached hydrogens (primary N) is 1. The summed E-state index contributed by atoms with van der Waals surface area (Å²) < 4.78 is 7.63. The molecule has 3 aromatic rings. The van der Waals surface area contributed by atoms with E-state index in [-0.39, 0.29) is 0 Å². The van der Waals surface area contributed by atoms with Crippen molar-refractivity contribution in [2.75, 3.05) is 13.7 Å². The molecule has 3 rings (SSSR count). The van der Waals surface area contributed by atoms with E-state index >= 15 is 0 Å². The molecule has 0 bridgehead atoms. The van der Waals surface area contributed by atoms with Crippen molar-refractivity contribution in [2.45, 2.75) is 13.0 Å². The fraction of sp³-hybridized carbons (Fsp3) is 0.222. The summed E-state index contributed by atoms with van der Waals surface area (Å²) in [6, 6.07) is 16.7. The third kappa shape index (κ3) is 2.78. The molecule has 0 saturated carbocycles. The van der Waals surface area contributed by atoms with E-state index in [1.807, 2.05) is 12.1 Å². The quantitative estimate of drug-likeness (QED) is 0.779. The first kappa shape index (κ1) is 13.7. The molecule has 3 heteroatoms. The highest BCUT2D eigenvalue weighted by molar-refractivity contribution is 5.85. The third-order valence-corrected chi connectivity index (χ3v) is 3.78. The van der Waals surface area contributed by atoms with Gasteiger partial charge in [-0.1, -0.05) is 30.3 Å². The fourth-order valence-corrected chi connectivity index (χ4v) is 2.74. The monoisotopic (exact) mass is 280 g/mol. The third-order valence-electron chi connectivity index (χ3n) is 3.78. The van der Waals surface area contributed by atoms with Crippen LogP contribution in [0.1, 0.15) is 11.1 Å². The predicted molar refractivity (Wildman–Crippen MR) is 86.8 cm³/mol. The topological polar surface area (TPSA) is 40.2 Å². The molecule has 0 saturated heterocycles. The van der Waals surface area contributed by atoms with E-state index in [1.165, 1.54) is 22.0 Å². The Bertz CT molecular complexity index is 732. The first-order chi connectivity index (χ1) is 10.3. The van der Waals surface area contributed by atoms with Gasteiger partial charge < -0.3 is 15.0 Å². The van der Waals surface area contributed by atoms with Gasteiger partial charge in [0.2, 0.25) is 0 Å². The van der Waals surface area contributed by atoms with E-state index < -0.39 is 0 Å². The van der Waals surface area contributed by atoms with Gasteiger partial charge in [-0.3, -0.25) is 0 Å². The number of benzene rings is 2. The predicted octanol–water partition coefficient (Wildman–Crippen LogP) is 3.20. The first-order valence-electron chi connectivity index (χ1n) is 7.21. The van der Waals surface area contributed by atoms with E-state index in [0.29, 0.717) is 6.54 Å². The molecule has 108 valence electrons. The van der Waals surface area contributed by atoms with Gasteiger partial charge in [-0.05, 0) is 42.3 Å². The Kier molecular flexibility index (Phi) is 3.93. The zero-order valence-corrected chi connectivity index (χ0v) is 12.3. The van der Waals surface area contributed by atoms with Crippen LogP contribution in [0.15, 0.2) is 54.7 Å². The van der Waals surface area contributed by atoms with Crippen LogP contribution in [-0.4, -0.2) is 18.2 Å². The van der Waals surface area contributed by atoms with Crippen molar-refractivity contribution >= 4 is 10.9 Å². The molecule has 0 fully saturated rings. The van der Waals surface area contributed by atoms with Crippen LogP contribution < -0.4 is 10.5 Å². The highest BCUT2D eigenvalue weighted by Gasteiger charge is 2.09. The van der Waals surface area contributed by atoms with Gasteiger partial charge in [0, 0.05) is 23.6 Å². The molecule has 0 atom stereocenters. The summed E-state index contributed by atoms with van der Waals surface area (Å²) in [5.41, 5.74) is 9.54. The van der Waals surface area contributed by atoms with Crippen molar-refractivity contribution in [3.05, 3.63) is 65.9 Å².